The van der Waals surface area contributed by atoms with Crippen LogP contribution in [0.25, 0.3) is 0 Å². The van der Waals surface area contributed by atoms with E-state index in [0.29, 0.717) is 5.69 Å². The van der Waals surface area contributed by atoms with E-state index in [1.165, 1.54) is 18.2 Å². The molecular formula is C15H13ClN2O2S. The van der Waals surface area contributed by atoms with Gasteiger partial charge in [-0.25, -0.2) is 8.42 Å². The molecule has 0 spiro atoms. The molecule has 6 heteroatoms. The van der Waals surface area contributed by atoms with Gasteiger partial charge in [-0.1, -0.05) is 29.8 Å². The van der Waals surface area contributed by atoms with Crippen molar-refractivity contribution < 1.29 is 8.42 Å². The average Bonchev–Trinajstić information content (AvgIpc) is 2.43. The fourth-order valence-corrected chi connectivity index (χ4v) is 3.67. The lowest BCUT2D eigenvalue weighted by Gasteiger charge is -2.14. The Hall–Kier alpha value is -2.03. The molecule has 4 nitrogen and oxygen atoms in total. The van der Waals surface area contributed by atoms with Crippen LogP contribution in [0.3, 0.4) is 0 Å². The van der Waals surface area contributed by atoms with Gasteiger partial charge in [0, 0.05) is 0 Å². The lowest BCUT2D eigenvalue weighted by molar-refractivity contribution is 0.601. The van der Waals surface area contributed by atoms with Crippen molar-refractivity contribution in [3.63, 3.8) is 0 Å². The zero-order valence-corrected chi connectivity index (χ0v) is 13.1. The SMILES string of the molecule is Cc1cccc(C)c1NS(=O)(=O)c1cc(C#N)ccc1Cl. The molecular weight excluding hydrogens is 308 g/mol. The highest BCUT2D eigenvalue weighted by Crippen LogP contribution is 2.27. The third-order valence-corrected chi connectivity index (χ3v) is 4.90. The fraction of sp³-hybridized carbons (Fsp3) is 0.133. The first-order valence-electron chi connectivity index (χ1n) is 6.14. The number of nitrogens with one attached hydrogen (secondary N) is 1. The van der Waals surface area contributed by atoms with Crippen LogP contribution < -0.4 is 4.72 Å². The molecule has 0 aromatic heterocycles. The first kappa shape index (κ1) is 15.4. The Labute approximate surface area is 129 Å². The van der Waals surface area contributed by atoms with E-state index >= 15 is 0 Å². The first-order valence-corrected chi connectivity index (χ1v) is 8.00. The number of nitrogens with zero attached hydrogens (tertiary/aromatic N) is 1. The zero-order chi connectivity index (χ0) is 15.6. The predicted octanol–water partition coefficient (Wildman–Crippen LogP) is 3.63. The van der Waals surface area contributed by atoms with E-state index in [0.717, 1.165) is 11.1 Å². The molecule has 2 aromatic carbocycles. The second-order valence-corrected chi connectivity index (χ2v) is 6.69. The Morgan fingerprint density at radius 1 is 1.14 bits per heavy atom. The fourth-order valence-electron chi connectivity index (χ4n) is 1.94. The van der Waals surface area contributed by atoms with Gasteiger partial charge in [0.15, 0.2) is 0 Å². The number of para-hydroxylation sites is 1. The number of hydrogen-bond donors (Lipinski definition) is 1. The van der Waals surface area contributed by atoms with Gasteiger partial charge < -0.3 is 0 Å². The quantitative estimate of drug-likeness (QED) is 0.938. The Bertz CT molecular complexity index is 819. The van der Waals surface area contributed by atoms with E-state index < -0.39 is 10.0 Å². The summed E-state index contributed by atoms with van der Waals surface area (Å²) < 4.78 is 27.5. The van der Waals surface area contributed by atoms with Gasteiger partial charge in [-0.05, 0) is 43.2 Å². The van der Waals surface area contributed by atoms with Crippen molar-refractivity contribution in [3.8, 4) is 6.07 Å². The molecule has 0 fully saturated rings. The monoisotopic (exact) mass is 320 g/mol. The summed E-state index contributed by atoms with van der Waals surface area (Å²) in [6, 6.07) is 11.5. The lowest BCUT2D eigenvalue weighted by Crippen LogP contribution is -2.15. The van der Waals surface area contributed by atoms with Crippen LogP contribution in [-0.2, 0) is 10.0 Å². The van der Waals surface area contributed by atoms with Crippen LogP contribution >= 0.6 is 11.6 Å². The van der Waals surface area contributed by atoms with Crippen molar-refractivity contribution >= 4 is 27.3 Å². The Kier molecular flexibility index (Phi) is 4.21. The maximum Gasteiger partial charge on any atom is 0.263 e. The van der Waals surface area contributed by atoms with Crippen LogP contribution in [0.4, 0.5) is 5.69 Å². The molecule has 2 aromatic rings. The van der Waals surface area contributed by atoms with Crippen LogP contribution in [0.15, 0.2) is 41.3 Å². The minimum atomic E-state index is -3.85. The summed E-state index contributed by atoms with van der Waals surface area (Å²) in [6.07, 6.45) is 0. The molecule has 2 rings (SSSR count). The van der Waals surface area contributed by atoms with E-state index in [1.54, 1.807) is 0 Å². The average molecular weight is 321 g/mol. The summed E-state index contributed by atoms with van der Waals surface area (Å²) in [5.74, 6) is 0. The number of hydrogen-bond acceptors (Lipinski definition) is 3. The molecule has 0 aliphatic carbocycles. The molecule has 0 bridgehead atoms. The summed E-state index contributed by atoms with van der Waals surface area (Å²) in [5, 5.41) is 8.96. The van der Waals surface area contributed by atoms with Gasteiger partial charge in [0.1, 0.15) is 4.90 Å². The van der Waals surface area contributed by atoms with Crippen molar-refractivity contribution in [2.24, 2.45) is 0 Å². The number of aryl methyl sites for hydroxylation is 2. The Morgan fingerprint density at radius 2 is 1.76 bits per heavy atom. The van der Waals surface area contributed by atoms with Gasteiger partial charge in [0.25, 0.3) is 10.0 Å². The summed E-state index contributed by atoms with van der Waals surface area (Å²) in [4.78, 5) is -0.106. The second-order valence-electron chi connectivity index (χ2n) is 4.63. The van der Waals surface area contributed by atoms with Gasteiger partial charge in [-0.3, -0.25) is 4.72 Å². The van der Waals surface area contributed by atoms with Crippen molar-refractivity contribution in [3.05, 3.63) is 58.1 Å². The maximum absolute atomic E-state index is 12.5. The number of anilines is 1. The van der Waals surface area contributed by atoms with Crippen LogP contribution in [0, 0.1) is 25.2 Å². The maximum atomic E-state index is 12.5. The van der Waals surface area contributed by atoms with Gasteiger partial charge >= 0.3 is 0 Å². The highest BCUT2D eigenvalue weighted by atomic mass is 35.5. The second kappa shape index (κ2) is 5.76. The van der Waals surface area contributed by atoms with E-state index in [1.807, 2.05) is 38.1 Å². The molecule has 0 aliphatic heterocycles. The largest absolute Gasteiger partial charge is 0.279 e. The van der Waals surface area contributed by atoms with Crippen molar-refractivity contribution in [1.82, 2.24) is 0 Å². The molecule has 0 atom stereocenters. The smallest absolute Gasteiger partial charge is 0.263 e. The summed E-state index contributed by atoms with van der Waals surface area (Å²) in [6.45, 7) is 3.64. The molecule has 0 amide bonds. The van der Waals surface area contributed by atoms with E-state index in [4.69, 9.17) is 16.9 Å². The normalized spacial score (nSPS) is 11.0. The van der Waals surface area contributed by atoms with Gasteiger partial charge in [0.05, 0.1) is 22.3 Å². The molecule has 0 aliphatic rings. The number of halogens is 1. The summed E-state index contributed by atoms with van der Waals surface area (Å²) >= 11 is 5.95. The number of nitriles is 1. The predicted molar refractivity (Wildman–Crippen MR) is 82.9 cm³/mol. The van der Waals surface area contributed by atoms with Crippen LogP contribution in [0.1, 0.15) is 16.7 Å². The van der Waals surface area contributed by atoms with Crippen LogP contribution in [-0.4, -0.2) is 8.42 Å². The van der Waals surface area contributed by atoms with Gasteiger partial charge in [0.2, 0.25) is 0 Å². The molecule has 0 saturated heterocycles. The Balaban J connectivity index is 2.51. The molecule has 0 saturated carbocycles. The topological polar surface area (TPSA) is 70.0 Å². The third kappa shape index (κ3) is 3.18. The highest BCUT2D eigenvalue weighted by Gasteiger charge is 2.20. The van der Waals surface area contributed by atoms with Crippen molar-refractivity contribution in [2.45, 2.75) is 18.7 Å². The minimum absolute atomic E-state index is 0.0766. The zero-order valence-electron chi connectivity index (χ0n) is 11.5. The third-order valence-electron chi connectivity index (χ3n) is 3.07. The first-order chi connectivity index (χ1) is 9.85. The number of sulfonamides is 1. The van der Waals surface area contributed by atoms with Crippen molar-refractivity contribution in [1.29, 1.82) is 5.26 Å². The lowest BCUT2D eigenvalue weighted by atomic mass is 10.1. The molecule has 1 N–H and O–H groups in total. The minimum Gasteiger partial charge on any atom is -0.279 e. The molecule has 108 valence electrons. The number of rotatable bonds is 3. The van der Waals surface area contributed by atoms with Gasteiger partial charge in [-0.2, -0.15) is 5.26 Å². The summed E-state index contributed by atoms with van der Waals surface area (Å²) in [7, 11) is -3.85. The highest BCUT2D eigenvalue weighted by molar-refractivity contribution is 7.92. The van der Waals surface area contributed by atoms with E-state index in [2.05, 4.69) is 4.72 Å². The summed E-state index contributed by atoms with van der Waals surface area (Å²) in [5.41, 5.74) is 2.38. The molecule has 0 unspecified atom stereocenters. The Morgan fingerprint density at radius 3 is 2.33 bits per heavy atom. The van der Waals surface area contributed by atoms with Gasteiger partial charge in [-0.15, -0.1) is 0 Å². The van der Waals surface area contributed by atoms with E-state index in [-0.39, 0.29) is 15.5 Å². The van der Waals surface area contributed by atoms with Crippen molar-refractivity contribution in [2.75, 3.05) is 4.72 Å². The standard InChI is InChI=1S/C15H13ClN2O2S/c1-10-4-3-5-11(2)15(10)18-21(19,20)14-8-12(9-17)6-7-13(14)16/h3-8,18H,1-2H3. The van der Waals surface area contributed by atoms with E-state index in [9.17, 15) is 8.42 Å². The molecule has 21 heavy (non-hydrogen) atoms. The van der Waals surface area contributed by atoms with Crippen LogP contribution in [0.5, 0.6) is 0 Å². The van der Waals surface area contributed by atoms with Crippen LogP contribution in [0.2, 0.25) is 5.02 Å². The molecule has 0 radical (unpaired) electrons. The number of benzene rings is 2. The molecule has 0 heterocycles.